The average molecular weight is 1210 g/mol. The van der Waals surface area contributed by atoms with Crippen molar-refractivity contribution in [2.75, 3.05) is 6.54 Å². The number of carboxylic acids is 1. The highest BCUT2D eigenvalue weighted by Crippen LogP contribution is 2.48. The number of aliphatic carboxylic acids is 1. The lowest BCUT2D eigenvalue weighted by Gasteiger charge is -2.60. The lowest BCUT2D eigenvalue weighted by atomic mass is 9.60. The van der Waals surface area contributed by atoms with Gasteiger partial charge in [-0.2, -0.15) is 6.54 Å². The number of amides is 5. The molecule has 0 bridgehead atoms. The summed E-state index contributed by atoms with van der Waals surface area (Å²) in [6.07, 6.45) is 3.25. The van der Waals surface area contributed by atoms with Gasteiger partial charge in [0.25, 0.3) is 0 Å². The molecule has 1 aromatic heterocycles. The Labute approximate surface area is 501 Å². The van der Waals surface area contributed by atoms with Gasteiger partial charge >= 0.3 is 12.1 Å². The second-order valence-electron chi connectivity index (χ2n) is 26.1. The Kier molecular flexibility index (Phi) is 30.8. The van der Waals surface area contributed by atoms with E-state index in [1.54, 1.807) is 38.1 Å². The van der Waals surface area contributed by atoms with E-state index in [1.807, 2.05) is 50.2 Å². The molecule has 22 heteroatoms. The number of carboxylic acid groups (broad SMARTS) is 1. The Morgan fingerprint density at radius 2 is 1.06 bits per heavy atom. The summed E-state index contributed by atoms with van der Waals surface area (Å²) in [7, 11) is -3.41. The zero-order valence-corrected chi connectivity index (χ0v) is 56.3. The van der Waals surface area contributed by atoms with Gasteiger partial charge in [0, 0.05) is 31.2 Å². The molecular weight excluding hydrogens is 1100 g/mol. The first-order valence-electron chi connectivity index (χ1n) is 29.0. The standard InChI is InChI=1S/C34H44N6O7.C27H58N2O4Si3/c1-21(2)15-26(32(43)40-29(22(3)4)33(44)45)37-31(42)28(17-25-18-35-20-36-25)38-30(41)27(16-23-11-7-5-8-12-23)39-34(46)47-19-24-13-9-6-10-14-24;1-24(2,3)21(31-34(10)11)27(29-20(30)18-16-17-19-28,22(25(4,5)6)32-35(12)13)23(26(7,8)9)33-36(14)15/h5-14,18,20-22,26-29H,15-17,19H2,1-4H3,(H,35,36)(H,37,42)(H,38,41)(H,39,46)(H,40,43)(H,44,45);21-23,28H,16-19H2,1-15H3,(H,29,30)/q;-1/t26-,27-,28-,29-;/m0./s1. The van der Waals surface area contributed by atoms with E-state index in [2.05, 4.69) is 138 Å². The van der Waals surface area contributed by atoms with Crippen LogP contribution in [0.25, 0.3) is 5.73 Å². The molecule has 0 saturated carbocycles. The molecule has 19 nitrogen and oxygen atoms in total. The fourth-order valence-corrected chi connectivity index (χ4v) is 12.9. The normalized spacial score (nSPS) is 15.4. The van der Waals surface area contributed by atoms with Crippen molar-refractivity contribution in [2.24, 2.45) is 28.1 Å². The molecule has 3 radical (unpaired) electrons. The Morgan fingerprint density at radius 3 is 1.46 bits per heavy atom. The molecule has 0 aliphatic rings. The summed E-state index contributed by atoms with van der Waals surface area (Å²) in [6.45, 7) is 40.2. The monoisotopic (exact) mass is 1210 g/mol. The van der Waals surface area contributed by atoms with Crippen molar-refractivity contribution >= 4 is 62.8 Å². The maximum Gasteiger partial charge on any atom is 0.408 e. The average Bonchev–Trinajstić information content (AvgIpc) is 2.32. The third kappa shape index (κ3) is 25.9. The number of carbonyl (C=O) groups is 6. The lowest BCUT2D eigenvalue weighted by Crippen LogP contribution is -2.78. The van der Waals surface area contributed by atoms with Gasteiger partial charge in [-0.15, -0.1) is 0 Å². The molecule has 5 amide bonds. The molecule has 3 rings (SSSR count). The Balaban J connectivity index is 0.000000590. The molecule has 0 saturated heterocycles. The maximum atomic E-state index is 13.8. The molecular formula is C61H102N8O11Si3-. The van der Waals surface area contributed by atoms with Crippen LogP contribution in [0, 0.1) is 28.1 Å². The van der Waals surface area contributed by atoms with E-state index in [0.717, 1.165) is 11.1 Å². The molecule has 7 atom stereocenters. The van der Waals surface area contributed by atoms with Gasteiger partial charge in [-0.25, -0.2) is 14.6 Å². The van der Waals surface area contributed by atoms with Gasteiger partial charge in [0.1, 0.15) is 36.3 Å². The van der Waals surface area contributed by atoms with E-state index in [-0.39, 0.29) is 72.3 Å². The van der Waals surface area contributed by atoms with E-state index in [1.165, 1.54) is 12.5 Å². The van der Waals surface area contributed by atoms with Crippen molar-refractivity contribution in [3.05, 3.63) is 95.7 Å². The summed E-state index contributed by atoms with van der Waals surface area (Å²) in [5.41, 5.74) is 7.80. The fraction of sp³-hybridized carbons (Fsp3) is 0.656. The van der Waals surface area contributed by atoms with Gasteiger partial charge < -0.3 is 60.4 Å². The number of nitrogens with zero attached hydrogens (tertiary/aromatic N) is 1. The molecule has 0 fully saturated rings. The zero-order chi connectivity index (χ0) is 63.0. The van der Waals surface area contributed by atoms with Gasteiger partial charge in [0.15, 0.2) is 0 Å². The Morgan fingerprint density at radius 1 is 0.614 bits per heavy atom. The zero-order valence-electron chi connectivity index (χ0n) is 53.3. The number of benzene rings is 2. The van der Waals surface area contributed by atoms with Crippen LogP contribution in [0.2, 0.25) is 39.3 Å². The van der Waals surface area contributed by atoms with Crippen LogP contribution < -0.4 is 26.6 Å². The number of rotatable bonds is 31. The molecule has 1 heterocycles. The van der Waals surface area contributed by atoms with Crippen LogP contribution in [0.15, 0.2) is 73.2 Å². The van der Waals surface area contributed by atoms with Crippen LogP contribution in [0.5, 0.6) is 0 Å². The van der Waals surface area contributed by atoms with Crippen LogP contribution >= 0.6 is 0 Å². The number of unbranched alkanes of at least 4 members (excludes halogenated alkanes) is 1. The predicted octanol–water partition coefficient (Wildman–Crippen LogP) is 9.84. The van der Waals surface area contributed by atoms with Crippen LogP contribution in [-0.2, 0) is 61.4 Å². The second kappa shape index (κ2) is 34.7. The quantitative estimate of drug-likeness (QED) is 0.0234. The van der Waals surface area contributed by atoms with Crippen molar-refractivity contribution < 1.29 is 51.9 Å². The number of hydrogen-bond acceptors (Lipinski definition) is 11. The number of H-pyrrole nitrogens is 1. The van der Waals surface area contributed by atoms with Gasteiger partial charge in [0.05, 0.1) is 24.6 Å². The molecule has 2 aromatic carbocycles. The van der Waals surface area contributed by atoms with Crippen molar-refractivity contribution in [3.63, 3.8) is 0 Å². The van der Waals surface area contributed by atoms with Gasteiger partial charge in [-0.05, 0) is 91.3 Å². The highest BCUT2D eigenvalue weighted by molar-refractivity contribution is 6.49. The molecule has 465 valence electrons. The number of hydrogen-bond donors (Lipinski definition) is 7. The minimum Gasteiger partial charge on any atom is -0.677 e. The number of imidazole rings is 1. The number of carbonyl (C=O) groups excluding carboxylic acids is 5. The summed E-state index contributed by atoms with van der Waals surface area (Å²) in [4.78, 5) is 86.0. The first kappa shape index (κ1) is 73.9. The lowest BCUT2D eigenvalue weighted by molar-refractivity contribution is -0.168. The van der Waals surface area contributed by atoms with E-state index in [0.29, 0.717) is 31.5 Å². The largest absolute Gasteiger partial charge is 0.677 e. The minimum atomic E-state index is -1.19. The summed E-state index contributed by atoms with van der Waals surface area (Å²) < 4.78 is 26.2. The van der Waals surface area contributed by atoms with E-state index in [9.17, 15) is 33.9 Å². The molecule has 3 unspecified atom stereocenters. The van der Waals surface area contributed by atoms with Gasteiger partial charge in [-0.1, -0.05) is 157 Å². The summed E-state index contributed by atoms with van der Waals surface area (Å²) >= 11 is 0. The molecule has 0 aliphatic carbocycles. The first-order valence-corrected chi connectivity index (χ1v) is 36.2. The van der Waals surface area contributed by atoms with Crippen molar-refractivity contribution in [1.82, 2.24) is 36.6 Å². The second-order valence-corrected chi connectivity index (χ2v) is 32.2. The fourth-order valence-electron chi connectivity index (χ4n) is 9.81. The first-order chi connectivity index (χ1) is 38.5. The summed E-state index contributed by atoms with van der Waals surface area (Å²) in [5.74, 6) is -3.60. The van der Waals surface area contributed by atoms with Gasteiger partial charge in [0.2, 0.25) is 50.7 Å². The topological polar surface area (TPSA) is 272 Å². The van der Waals surface area contributed by atoms with E-state index < -0.39 is 92.5 Å². The minimum absolute atomic E-state index is 0.00392. The van der Waals surface area contributed by atoms with E-state index in [4.69, 9.17) is 23.7 Å². The SMILES string of the molecule is CC(C)C[C@H](NC(=O)[C@H](Cc1cnc[nH]1)NC(=O)[C@H](Cc1ccccc1)NC(=O)OCc1ccccc1)C(=O)N[C@H](C(=O)O)C(C)C.C[Si](C)OC(C(C)(C)C)C(NC(=O)CCCC[NH-])(C(O[Si](C)C)C(C)(C)C)C(O[Si](C)C)C(C)(C)C. The number of ether oxygens (including phenoxy) is 1. The number of aromatic nitrogens is 2. The Hall–Kier alpha value is -5.24. The van der Waals surface area contributed by atoms with Crippen LogP contribution in [-0.4, -0.2) is 132 Å². The smallest absolute Gasteiger partial charge is 0.408 e. The van der Waals surface area contributed by atoms with Gasteiger partial charge in [-0.3, -0.25) is 19.2 Å². The predicted molar refractivity (Wildman–Crippen MR) is 333 cm³/mol. The molecule has 83 heavy (non-hydrogen) atoms. The van der Waals surface area contributed by atoms with Crippen LogP contribution in [0.1, 0.15) is 133 Å². The summed E-state index contributed by atoms with van der Waals surface area (Å²) in [5, 5.41) is 23.8. The number of nitrogens with one attached hydrogen (secondary N) is 7. The Bertz CT molecular complexity index is 2340. The highest BCUT2D eigenvalue weighted by Gasteiger charge is 2.63. The van der Waals surface area contributed by atoms with Crippen molar-refractivity contribution in [1.29, 1.82) is 0 Å². The molecule has 8 N–H and O–H groups in total. The number of alkyl carbamates (subject to hydrolysis) is 1. The third-order valence-corrected chi connectivity index (χ3v) is 15.3. The maximum absolute atomic E-state index is 13.8. The van der Waals surface area contributed by atoms with Crippen LogP contribution in [0.4, 0.5) is 4.79 Å². The van der Waals surface area contributed by atoms with Crippen molar-refractivity contribution in [3.8, 4) is 0 Å². The number of aromatic amines is 1. The molecule has 0 aliphatic heterocycles. The highest BCUT2D eigenvalue weighted by atomic mass is 28.3. The van der Waals surface area contributed by atoms with Crippen LogP contribution in [0.3, 0.4) is 0 Å². The van der Waals surface area contributed by atoms with Crippen molar-refractivity contribution in [2.45, 2.75) is 222 Å². The third-order valence-electron chi connectivity index (χ3n) is 13.2. The molecule has 0 spiro atoms. The summed E-state index contributed by atoms with van der Waals surface area (Å²) in [6, 6.07) is 13.6. The molecule has 3 aromatic rings. The van der Waals surface area contributed by atoms with E-state index >= 15 is 0 Å².